The fourth-order valence-corrected chi connectivity index (χ4v) is 4.44. The van der Waals surface area contributed by atoms with Gasteiger partial charge in [0.15, 0.2) is 0 Å². The number of aliphatic hydroxyl groups is 1. The first-order chi connectivity index (χ1) is 9.40. The monoisotopic (exact) mass is 264 g/mol. The maximum atomic E-state index is 8.96. The van der Waals surface area contributed by atoms with Crippen LogP contribution in [-0.4, -0.2) is 23.9 Å². The predicted molar refractivity (Wildman–Crippen MR) is 77.0 cm³/mol. The average molecular weight is 264 g/mol. The van der Waals surface area contributed by atoms with Crippen molar-refractivity contribution >= 4 is 0 Å². The van der Waals surface area contributed by atoms with Crippen molar-refractivity contribution in [1.29, 1.82) is 0 Å². The van der Waals surface area contributed by atoms with Crippen molar-refractivity contribution in [2.75, 3.05) is 6.61 Å². The van der Waals surface area contributed by atoms with Crippen LogP contribution in [0.5, 0.6) is 0 Å². The van der Waals surface area contributed by atoms with Crippen LogP contribution in [0.15, 0.2) is 11.6 Å². The molecule has 3 rings (SSSR count). The van der Waals surface area contributed by atoms with Gasteiger partial charge in [0, 0.05) is 18.4 Å². The lowest BCUT2D eigenvalue weighted by molar-refractivity contribution is -0.107. The number of ether oxygens (including phenoxy) is 1. The van der Waals surface area contributed by atoms with E-state index in [1.807, 2.05) is 0 Å². The molecule has 2 fully saturated rings. The Balaban J connectivity index is 1.71. The SMILES string of the molecule is OCCCC[C@H]1O[C@@H]2CCCC[C@@H]2C2=CCCC[C@H]21. The van der Waals surface area contributed by atoms with Gasteiger partial charge in [0.25, 0.3) is 0 Å². The first-order valence-electron chi connectivity index (χ1n) is 8.36. The molecular formula is C17H28O2. The number of hydrogen-bond acceptors (Lipinski definition) is 2. The summed E-state index contributed by atoms with van der Waals surface area (Å²) in [5, 5.41) is 8.96. The van der Waals surface area contributed by atoms with E-state index in [-0.39, 0.29) is 0 Å². The summed E-state index contributed by atoms with van der Waals surface area (Å²) in [7, 11) is 0. The lowest BCUT2D eigenvalue weighted by Crippen LogP contribution is -2.45. The van der Waals surface area contributed by atoms with Crippen molar-refractivity contribution in [3.63, 3.8) is 0 Å². The van der Waals surface area contributed by atoms with E-state index >= 15 is 0 Å². The van der Waals surface area contributed by atoms with Crippen LogP contribution in [-0.2, 0) is 4.74 Å². The van der Waals surface area contributed by atoms with Gasteiger partial charge in [-0.25, -0.2) is 0 Å². The van der Waals surface area contributed by atoms with Gasteiger partial charge >= 0.3 is 0 Å². The van der Waals surface area contributed by atoms with Crippen LogP contribution in [0.2, 0.25) is 0 Å². The molecule has 2 aliphatic carbocycles. The van der Waals surface area contributed by atoms with Gasteiger partial charge < -0.3 is 9.84 Å². The highest BCUT2D eigenvalue weighted by Crippen LogP contribution is 2.46. The third kappa shape index (κ3) is 2.90. The molecule has 0 bridgehead atoms. The van der Waals surface area contributed by atoms with Crippen LogP contribution in [0.1, 0.15) is 64.2 Å². The topological polar surface area (TPSA) is 29.5 Å². The van der Waals surface area contributed by atoms with Gasteiger partial charge in [0.2, 0.25) is 0 Å². The Morgan fingerprint density at radius 2 is 1.89 bits per heavy atom. The van der Waals surface area contributed by atoms with Crippen molar-refractivity contribution in [3.05, 3.63) is 11.6 Å². The number of rotatable bonds is 4. The average Bonchev–Trinajstić information content (AvgIpc) is 2.47. The number of fused-ring (bicyclic) bond motifs is 3. The summed E-state index contributed by atoms with van der Waals surface area (Å²) in [6, 6.07) is 0. The molecule has 1 saturated heterocycles. The summed E-state index contributed by atoms with van der Waals surface area (Å²) in [6.45, 7) is 0.326. The van der Waals surface area contributed by atoms with Crippen molar-refractivity contribution < 1.29 is 9.84 Å². The second-order valence-corrected chi connectivity index (χ2v) is 6.56. The zero-order valence-electron chi connectivity index (χ0n) is 12.0. The van der Waals surface area contributed by atoms with Gasteiger partial charge in [-0.1, -0.05) is 24.5 Å². The Kier molecular flexibility index (Phi) is 4.60. The molecule has 0 spiro atoms. The molecule has 2 nitrogen and oxygen atoms in total. The fourth-order valence-electron chi connectivity index (χ4n) is 4.44. The minimum atomic E-state index is 0.326. The highest BCUT2D eigenvalue weighted by molar-refractivity contribution is 5.20. The fraction of sp³-hybridized carbons (Fsp3) is 0.882. The minimum absolute atomic E-state index is 0.326. The molecule has 19 heavy (non-hydrogen) atoms. The van der Waals surface area contributed by atoms with Crippen LogP contribution < -0.4 is 0 Å². The van der Waals surface area contributed by atoms with E-state index in [9.17, 15) is 0 Å². The summed E-state index contributed by atoms with van der Waals surface area (Å²) in [5.74, 6) is 1.44. The molecule has 4 atom stereocenters. The molecule has 0 aromatic rings. The van der Waals surface area contributed by atoms with Crippen LogP contribution in [0.3, 0.4) is 0 Å². The smallest absolute Gasteiger partial charge is 0.0644 e. The van der Waals surface area contributed by atoms with Gasteiger partial charge in [0.05, 0.1) is 12.2 Å². The van der Waals surface area contributed by atoms with E-state index in [2.05, 4.69) is 6.08 Å². The maximum Gasteiger partial charge on any atom is 0.0644 e. The van der Waals surface area contributed by atoms with E-state index in [4.69, 9.17) is 9.84 Å². The summed E-state index contributed by atoms with van der Waals surface area (Å²) in [5.41, 5.74) is 1.76. The maximum absolute atomic E-state index is 8.96. The summed E-state index contributed by atoms with van der Waals surface area (Å²) >= 11 is 0. The third-order valence-electron chi connectivity index (χ3n) is 5.35. The zero-order valence-corrected chi connectivity index (χ0v) is 12.0. The molecule has 0 radical (unpaired) electrons. The van der Waals surface area contributed by atoms with Gasteiger partial charge in [0.1, 0.15) is 0 Å². The zero-order chi connectivity index (χ0) is 13.1. The summed E-state index contributed by atoms with van der Waals surface area (Å²) in [4.78, 5) is 0. The Morgan fingerprint density at radius 1 is 1.05 bits per heavy atom. The van der Waals surface area contributed by atoms with Gasteiger partial charge in [-0.2, -0.15) is 0 Å². The van der Waals surface area contributed by atoms with Crippen LogP contribution >= 0.6 is 0 Å². The largest absolute Gasteiger partial charge is 0.396 e. The normalized spacial score (nSPS) is 38.3. The van der Waals surface area contributed by atoms with Crippen molar-refractivity contribution in [2.45, 2.75) is 76.4 Å². The van der Waals surface area contributed by atoms with E-state index < -0.39 is 0 Å². The number of hydrogen-bond donors (Lipinski definition) is 1. The highest BCUT2D eigenvalue weighted by atomic mass is 16.5. The Morgan fingerprint density at radius 3 is 2.79 bits per heavy atom. The minimum Gasteiger partial charge on any atom is -0.396 e. The quantitative estimate of drug-likeness (QED) is 0.617. The van der Waals surface area contributed by atoms with Crippen LogP contribution in [0.25, 0.3) is 0 Å². The molecular weight excluding hydrogens is 236 g/mol. The van der Waals surface area contributed by atoms with Gasteiger partial charge in [-0.15, -0.1) is 0 Å². The highest BCUT2D eigenvalue weighted by Gasteiger charge is 2.42. The molecule has 3 aliphatic rings. The molecule has 1 aliphatic heterocycles. The van der Waals surface area contributed by atoms with E-state index in [0.717, 1.165) is 25.2 Å². The second-order valence-electron chi connectivity index (χ2n) is 6.56. The van der Waals surface area contributed by atoms with Crippen molar-refractivity contribution in [3.8, 4) is 0 Å². The Labute approximate surface area is 117 Å². The van der Waals surface area contributed by atoms with E-state index in [1.165, 1.54) is 44.9 Å². The van der Waals surface area contributed by atoms with Crippen molar-refractivity contribution in [2.24, 2.45) is 11.8 Å². The predicted octanol–water partition coefficient (Wildman–Crippen LogP) is 3.83. The molecule has 0 unspecified atom stereocenters. The molecule has 1 saturated carbocycles. The molecule has 0 amide bonds. The molecule has 0 aromatic carbocycles. The number of allylic oxidation sites excluding steroid dienone is 1. The van der Waals surface area contributed by atoms with Crippen LogP contribution in [0, 0.1) is 11.8 Å². The number of aliphatic hydroxyl groups excluding tert-OH is 1. The molecule has 1 heterocycles. The van der Waals surface area contributed by atoms with E-state index in [1.54, 1.807) is 5.57 Å². The molecule has 108 valence electrons. The lowest BCUT2D eigenvalue weighted by atomic mass is 9.68. The third-order valence-corrected chi connectivity index (χ3v) is 5.35. The first-order valence-corrected chi connectivity index (χ1v) is 8.36. The standard InChI is InChI=1S/C17H28O2/c18-12-6-5-11-17-14-8-2-1-7-13(14)15-9-3-4-10-16(15)19-17/h7,14-18H,1-6,8-12H2/t14-,15-,16-,17-/m1/s1. The van der Waals surface area contributed by atoms with Crippen LogP contribution in [0.4, 0.5) is 0 Å². The molecule has 0 aromatic heterocycles. The first kappa shape index (κ1) is 13.6. The lowest BCUT2D eigenvalue weighted by Gasteiger charge is -2.47. The van der Waals surface area contributed by atoms with E-state index in [0.29, 0.717) is 24.7 Å². The molecule has 2 heteroatoms. The number of unbranched alkanes of at least 4 members (excludes halogenated alkanes) is 1. The summed E-state index contributed by atoms with van der Waals surface area (Å²) < 4.78 is 6.48. The van der Waals surface area contributed by atoms with Gasteiger partial charge in [-0.05, 0) is 51.4 Å². The Hall–Kier alpha value is -0.340. The summed E-state index contributed by atoms with van der Waals surface area (Å²) in [6.07, 6.45) is 16.0. The Bertz CT molecular complexity index is 323. The van der Waals surface area contributed by atoms with Crippen molar-refractivity contribution in [1.82, 2.24) is 0 Å². The molecule has 1 N–H and O–H groups in total. The second kappa shape index (κ2) is 6.41. The van der Waals surface area contributed by atoms with Gasteiger partial charge in [-0.3, -0.25) is 0 Å².